The minimum absolute atomic E-state index is 0.0498. The van der Waals surface area contributed by atoms with E-state index in [1.165, 1.54) is 0 Å². The molecule has 2 rings (SSSR count). The van der Waals surface area contributed by atoms with Crippen molar-refractivity contribution in [3.05, 3.63) is 11.8 Å². The van der Waals surface area contributed by atoms with E-state index in [0.29, 0.717) is 12.0 Å². The van der Waals surface area contributed by atoms with Gasteiger partial charge in [0.25, 0.3) is 0 Å². The molecule has 1 aliphatic rings. The van der Waals surface area contributed by atoms with Crippen LogP contribution in [0.2, 0.25) is 0 Å². The zero-order valence-electron chi connectivity index (χ0n) is 11.7. The van der Waals surface area contributed by atoms with E-state index in [-0.39, 0.29) is 5.91 Å². The number of piperidine rings is 1. The summed E-state index contributed by atoms with van der Waals surface area (Å²) in [6.45, 7) is 5.35. The number of nitrogens with one attached hydrogen (secondary N) is 2. The van der Waals surface area contributed by atoms with E-state index >= 15 is 0 Å². The summed E-state index contributed by atoms with van der Waals surface area (Å²) < 4.78 is 0. The summed E-state index contributed by atoms with van der Waals surface area (Å²) in [4.78, 5) is 22.1. The number of carbonyl (C=O) groups excluding carboxylic acids is 1. The predicted octanol–water partition coefficient (Wildman–Crippen LogP) is 0.932. The SMILES string of the molecule is CNc1nc(C)cc(N2CCC(NC(C)=O)CC2)n1. The summed E-state index contributed by atoms with van der Waals surface area (Å²) in [5.74, 6) is 1.66. The summed E-state index contributed by atoms with van der Waals surface area (Å²) >= 11 is 0. The van der Waals surface area contributed by atoms with Crippen LogP contribution in [0, 0.1) is 6.92 Å². The number of hydrogen-bond acceptors (Lipinski definition) is 5. The van der Waals surface area contributed by atoms with Gasteiger partial charge in [-0.25, -0.2) is 4.98 Å². The lowest BCUT2D eigenvalue weighted by Gasteiger charge is -2.33. The molecular formula is C13H21N5O. The molecule has 0 aromatic carbocycles. The second-order valence-corrected chi connectivity index (χ2v) is 4.90. The Labute approximate surface area is 113 Å². The number of anilines is 2. The number of aryl methyl sites for hydroxylation is 1. The molecule has 6 heteroatoms. The maximum absolute atomic E-state index is 11.0. The largest absolute Gasteiger partial charge is 0.357 e. The Morgan fingerprint density at radius 1 is 1.37 bits per heavy atom. The Morgan fingerprint density at radius 3 is 2.63 bits per heavy atom. The van der Waals surface area contributed by atoms with Crippen LogP contribution in [-0.2, 0) is 4.79 Å². The summed E-state index contributed by atoms with van der Waals surface area (Å²) in [5.41, 5.74) is 0.957. The molecule has 104 valence electrons. The number of amides is 1. The van der Waals surface area contributed by atoms with Crippen molar-refractivity contribution in [1.29, 1.82) is 0 Å². The summed E-state index contributed by atoms with van der Waals surface area (Å²) in [7, 11) is 1.82. The Bertz CT molecular complexity index is 454. The number of aromatic nitrogens is 2. The van der Waals surface area contributed by atoms with E-state index in [9.17, 15) is 4.79 Å². The van der Waals surface area contributed by atoms with Crippen molar-refractivity contribution in [2.75, 3.05) is 30.4 Å². The molecule has 6 nitrogen and oxygen atoms in total. The third kappa shape index (κ3) is 3.56. The van der Waals surface area contributed by atoms with Crippen LogP contribution in [0.5, 0.6) is 0 Å². The fourth-order valence-electron chi connectivity index (χ4n) is 2.37. The first-order valence-electron chi connectivity index (χ1n) is 6.64. The van der Waals surface area contributed by atoms with Gasteiger partial charge in [-0.1, -0.05) is 0 Å². The van der Waals surface area contributed by atoms with Gasteiger partial charge < -0.3 is 15.5 Å². The van der Waals surface area contributed by atoms with E-state index in [1.54, 1.807) is 6.92 Å². The molecular weight excluding hydrogens is 242 g/mol. The summed E-state index contributed by atoms with van der Waals surface area (Å²) in [6, 6.07) is 2.29. The van der Waals surface area contributed by atoms with Crippen molar-refractivity contribution >= 4 is 17.7 Å². The summed E-state index contributed by atoms with van der Waals surface area (Å²) in [6.07, 6.45) is 1.91. The zero-order chi connectivity index (χ0) is 13.8. The molecule has 0 spiro atoms. The molecule has 0 aliphatic carbocycles. The van der Waals surface area contributed by atoms with Gasteiger partial charge in [0, 0.05) is 44.9 Å². The highest BCUT2D eigenvalue weighted by molar-refractivity contribution is 5.73. The second-order valence-electron chi connectivity index (χ2n) is 4.90. The van der Waals surface area contributed by atoms with E-state index in [0.717, 1.165) is 37.4 Å². The highest BCUT2D eigenvalue weighted by atomic mass is 16.1. The van der Waals surface area contributed by atoms with E-state index in [4.69, 9.17) is 0 Å². The fourth-order valence-corrected chi connectivity index (χ4v) is 2.37. The average Bonchev–Trinajstić information content (AvgIpc) is 2.38. The van der Waals surface area contributed by atoms with Gasteiger partial charge in [-0.3, -0.25) is 4.79 Å². The monoisotopic (exact) mass is 263 g/mol. The second kappa shape index (κ2) is 5.86. The third-order valence-electron chi connectivity index (χ3n) is 3.29. The topological polar surface area (TPSA) is 70.2 Å². The Kier molecular flexibility index (Phi) is 4.19. The molecule has 0 bridgehead atoms. The van der Waals surface area contributed by atoms with Crippen LogP contribution in [0.4, 0.5) is 11.8 Å². The van der Waals surface area contributed by atoms with Crippen LogP contribution in [0.3, 0.4) is 0 Å². The van der Waals surface area contributed by atoms with Gasteiger partial charge in [0.05, 0.1) is 0 Å². The quantitative estimate of drug-likeness (QED) is 0.849. The maximum Gasteiger partial charge on any atom is 0.224 e. The van der Waals surface area contributed by atoms with Gasteiger partial charge in [0.15, 0.2) is 0 Å². The number of hydrogen-bond donors (Lipinski definition) is 2. The standard InChI is InChI=1S/C13H21N5O/c1-9-8-12(17-13(14-3)15-9)18-6-4-11(5-7-18)16-10(2)19/h8,11H,4-7H2,1-3H3,(H,16,19)(H,14,15,17). The highest BCUT2D eigenvalue weighted by Crippen LogP contribution is 2.19. The van der Waals surface area contributed by atoms with Crippen molar-refractivity contribution in [1.82, 2.24) is 15.3 Å². The number of nitrogens with zero attached hydrogens (tertiary/aromatic N) is 3. The molecule has 1 fully saturated rings. The first kappa shape index (κ1) is 13.6. The van der Waals surface area contributed by atoms with Crippen LogP contribution < -0.4 is 15.5 Å². The molecule has 2 heterocycles. The van der Waals surface area contributed by atoms with Gasteiger partial charge in [-0.2, -0.15) is 4.98 Å². The number of rotatable bonds is 3. The molecule has 0 unspecified atom stereocenters. The normalized spacial score (nSPS) is 16.3. The van der Waals surface area contributed by atoms with Crippen LogP contribution in [0.1, 0.15) is 25.5 Å². The van der Waals surface area contributed by atoms with Crippen molar-refractivity contribution in [2.24, 2.45) is 0 Å². The maximum atomic E-state index is 11.0. The first-order valence-corrected chi connectivity index (χ1v) is 6.64. The summed E-state index contributed by atoms with van der Waals surface area (Å²) in [5, 5.41) is 5.95. The highest BCUT2D eigenvalue weighted by Gasteiger charge is 2.21. The Hall–Kier alpha value is -1.85. The molecule has 19 heavy (non-hydrogen) atoms. The lowest BCUT2D eigenvalue weighted by Crippen LogP contribution is -2.44. The van der Waals surface area contributed by atoms with Gasteiger partial charge >= 0.3 is 0 Å². The fraction of sp³-hybridized carbons (Fsp3) is 0.615. The van der Waals surface area contributed by atoms with E-state index < -0.39 is 0 Å². The molecule has 1 aromatic heterocycles. The van der Waals surface area contributed by atoms with Crippen molar-refractivity contribution in [3.63, 3.8) is 0 Å². The van der Waals surface area contributed by atoms with Crippen LogP contribution in [-0.4, -0.2) is 42.1 Å². The lowest BCUT2D eigenvalue weighted by atomic mass is 10.1. The molecule has 1 saturated heterocycles. The number of carbonyl (C=O) groups is 1. The molecule has 1 aliphatic heterocycles. The smallest absolute Gasteiger partial charge is 0.224 e. The molecule has 0 atom stereocenters. The molecule has 1 aromatic rings. The van der Waals surface area contributed by atoms with Crippen molar-refractivity contribution in [2.45, 2.75) is 32.7 Å². The molecule has 2 N–H and O–H groups in total. The zero-order valence-corrected chi connectivity index (χ0v) is 11.7. The molecule has 1 amide bonds. The lowest BCUT2D eigenvalue weighted by molar-refractivity contribution is -0.119. The van der Waals surface area contributed by atoms with Crippen LogP contribution >= 0.6 is 0 Å². The Morgan fingerprint density at radius 2 is 2.05 bits per heavy atom. The minimum atomic E-state index is 0.0498. The molecule has 0 saturated carbocycles. The minimum Gasteiger partial charge on any atom is -0.357 e. The van der Waals surface area contributed by atoms with Crippen LogP contribution in [0.25, 0.3) is 0 Å². The van der Waals surface area contributed by atoms with E-state index in [1.807, 2.05) is 20.0 Å². The Balaban J connectivity index is 2.01. The predicted molar refractivity (Wildman–Crippen MR) is 75.4 cm³/mol. The average molecular weight is 263 g/mol. The van der Waals surface area contributed by atoms with Crippen molar-refractivity contribution < 1.29 is 4.79 Å². The van der Waals surface area contributed by atoms with Gasteiger partial charge in [0.1, 0.15) is 5.82 Å². The third-order valence-corrected chi connectivity index (χ3v) is 3.29. The van der Waals surface area contributed by atoms with Gasteiger partial charge in [0.2, 0.25) is 11.9 Å². The van der Waals surface area contributed by atoms with Gasteiger partial charge in [-0.15, -0.1) is 0 Å². The van der Waals surface area contributed by atoms with Crippen molar-refractivity contribution in [3.8, 4) is 0 Å². The van der Waals surface area contributed by atoms with Crippen LogP contribution in [0.15, 0.2) is 6.07 Å². The molecule has 0 radical (unpaired) electrons. The van der Waals surface area contributed by atoms with Gasteiger partial charge in [-0.05, 0) is 19.8 Å². The first-order chi connectivity index (χ1) is 9.08. The van der Waals surface area contributed by atoms with E-state index in [2.05, 4.69) is 25.5 Å².